The fourth-order valence-corrected chi connectivity index (χ4v) is 4.32. The van der Waals surface area contributed by atoms with Crippen molar-refractivity contribution in [2.45, 2.75) is 13.2 Å². The average molecular weight is 539 g/mol. The molecule has 0 radical (unpaired) electrons. The van der Waals surface area contributed by atoms with Crippen molar-refractivity contribution >= 4 is 58.1 Å². The summed E-state index contributed by atoms with van der Waals surface area (Å²) in [7, 11) is 0. The lowest BCUT2D eigenvalue weighted by Crippen LogP contribution is -2.13. The van der Waals surface area contributed by atoms with Crippen LogP contribution in [0.15, 0.2) is 66.9 Å². The summed E-state index contributed by atoms with van der Waals surface area (Å²) in [6, 6.07) is 16.1. The van der Waals surface area contributed by atoms with Gasteiger partial charge in [-0.2, -0.15) is 5.10 Å². The number of rotatable bonds is 7. The first-order valence-electron chi connectivity index (χ1n) is 9.94. The molecule has 0 atom stereocenters. The summed E-state index contributed by atoms with van der Waals surface area (Å²) in [5, 5.41) is 8.29. The molecule has 34 heavy (non-hydrogen) atoms. The number of nitrogens with zero attached hydrogens (tertiary/aromatic N) is 2. The van der Waals surface area contributed by atoms with Gasteiger partial charge in [0.1, 0.15) is 12.4 Å². The maximum Gasteiger partial charge on any atom is 0.256 e. The molecule has 0 saturated carbocycles. The number of nitrogens with one attached hydrogen (secondary N) is 1. The molecule has 174 valence electrons. The minimum Gasteiger partial charge on any atom is -0.486 e. The van der Waals surface area contributed by atoms with Crippen molar-refractivity contribution in [1.82, 2.24) is 9.78 Å². The van der Waals surface area contributed by atoms with Gasteiger partial charge in [-0.1, -0.05) is 64.6 Å². The molecule has 0 saturated heterocycles. The lowest BCUT2D eigenvalue weighted by atomic mass is 10.1. The van der Waals surface area contributed by atoms with E-state index in [-0.39, 0.29) is 19.1 Å². The van der Waals surface area contributed by atoms with Crippen LogP contribution in [0.2, 0.25) is 20.1 Å². The Morgan fingerprint density at radius 3 is 2.44 bits per heavy atom. The van der Waals surface area contributed by atoms with Crippen molar-refractivity contribution in [2.24, 2.45) is 0 Å². The second kappa shape index (κ2) is 10.7. The smallest absolute Gasteiger partial charge is 0.256 e. The Hall–Kier alpha value is -2.77. The first-order valence-corrected chi connectivity index (χ1v) is 11.5. The zero-order chi connectivity index (χ0) is 24.2. The van der Waals surface area contributed by atoms with E-state index >= 15 is 0 Å². The number of anilines is 1. The highest BCUT2D eigenvalue weighted by Gasteiger charge is 2.13. The maximum atomic E-state index is 14.0. The number of aromatic nitrogens is 2. The first kappa shape index (κ1) is 24.4. The maximum absolute atomic E-state index is 14.0. The van der Waals surface area contributed by atoms with Gasteiger partial charge in [-0.25, -0.2) is 4.39 Å². The molecule has 0 unspecified atom stereocenters. The fourth-order valence-electron chi connectivity index (χ4n) is 3.17. The summed E-state index contributed by atoms with van der Waals surface area (Å²) in [6.07, 6.45) is 1.63. The molecule has 1 N–H and O–H groups in total. The van der Waals surface area contributed by atoms with Gasteiger partial charge in [-0.05, 0) is 42.0 Å². The van der Waals surface area contributed by atoms with Crippen molar-refractivity contribution in [1.29, 1.82) is 0 Å². The van der Waals surface area contributed by atoms with Gasteiger partial charge < -0.3 is 10.1 Å². The number of ether oxygens (including phenoxy) is 1. The van der Waals surface area contributed by atoms with Gasteiger partial charge in [-0.15, -0.1) is 0 Å². The third kappa shape index (κ3) is 5.83. The largest absolute Gasteiger partial charge is 0.486 e. The van der Waals surface area contributed by atoms with Gasteiger partial charge in [0.25, 0.3) is 5.91 Å². The van der Waals surface area contributed by atoms with E-state index in [0.717, 1.165) is 5.56 Å². The molecule has 1 aromatic heterocycles. The predicted octanol–water partition coefficient (Wildman–Crippen LogP) is 7.52. The highest BCUT2D eigenvalue weighted by molar-refractivity contribution is 6.40. The molecule has 0 aliphatic carbocycles. The predicted molar refractivity (Wildman–Crippen MR) is 133 cm³/mol. The van der Waals surface area contributed by atoms with Crippen molar-refractivity contribution < 1.29 is 13.9 Å². The van der Waals surface area contributed by atoms with Gasteiger partial charge in [0, 0.05) is 33.4 Å². The summed E-state index contributed by atoms with van der Waals surface area (Å²) in [6.45, 7) is 0.268. The summed E-state index contributed by atoms with van der Waals surface area (Å²) in [5.41, 5.74) is 1.45. The monoisotopic (exact) mass is 537 g/mol. The first-order chi connectivity index (χ1) is 16.3. The van der Waals surface area contributed by atoms with E-state index in [2.05, 4.69) is 10.4 Å². The number of hydrogen-bond donors (Lipinski definition) is 1. The van der Waals surface area contributed by atoms with Gasteiger partial charge in [0.05, 0.1) is 16.6 Å². The Labute approximate surface area is 215 Å². The van der Waals surface area contributed by atoms with E-state index in [0.29, 0.717) is 42.8 Å². The third-order valence-electron chi connectivity index (χ3n) is 4.80. The van der Waals surface area contributed by atoms with Crippen molar-refractivity contribution in [3.8, 4) is 5.75 Å². The summed E-state index contributed by atoms with van der Waals surface area (Å²) >= 11 is 24.3. The van der Waals surface area contributed by atoms with Gasteiger partial charge >= 0.3 is 0 Å². The quantitative estimate of drug-likeness (QED) is 0.265. The van der Waals surface area contributed by atoms with Crippen LogP contribution in [0.3, 0.4) is 0 Å². The van der Waals surface area contributed by atoms with Crippen LogP contribution in [-0.2, 0) is 13.2 Å². The van der Waals surface area contributed by atoms with Gasteiger partial charge in [-0.3, -0.25) is 9.48 Å². The summed E-state index contributed by atoms with van der Waals surface area (Å²) < 4.78 is 21.2. The van der Waals surface area contributed by atoms with E-state index in [1.54, 1.807) is 42.6 Å². The van der Waals surface area contributed by atoms with Crippen LogP contribution in [0.25, 0.3) is 0 Å². The lowest BCUT2D eigenvalue weighted by Gasteiger charge is -2.11. The molecule has 10 heteroatoms. The van der Waals surface area contributed by atoms with Crippen LogP contribution in [0.1, 0.15) is 21.5 Å². The van der Waals surface area contributed by atoms with Crippen LogP contribution >= 0.6 is 46.4 Å². The van der Waals surface area contributed by atoms with Crippen LogP contribution in [0.5, 0.6) is 5.75 Å². The Morgan fingerprint density at radius 2 is 1.71 bits per heavy atom. The number of halogens is 5. The van der Waals surface area contributed by atoms with E-state index in [4.69, 9.17) is 51.1 Å². The van der Waals surface area contributed by atoms with Crippen LogP contribution < -0.4 is 10.1 Å². The van der Waals surface area contributed by atoms with E-state index in [1.165, 1.54) is 28.9 Å². The molecular weight excluding hydrogens is 523 g/mol. The van der Waals surface area contributed by atoms with Crippen LogP contribution in [0, 0.1) is 5.82 Å². The van der Waals surface area contributed by atoms with Crippen LogP contribution in [0.4, 0.5) is 10.2 Å². The Balaban J connectivity index is 1.41. The normalized spacial score (nSPS) is 10.9. The second-order valence-electron chi connectivity index (χ2n) is 7.24. The van der Waals surface area contributed by atoms with Crippen LogP contribution in [-0.4, -0.2) is 15.7 Å². The minimum absolute atomic E-state index is 0.129. The molecule has 0 aliphatic rings. The number of amides is 1. The average Bonchev–Trinajstić information content (AvgIpc) is 3.22. The fraction of sp³-hybridized carbons (Fsp3) is 0.0833. The SMILES string of the molecule is O=C(Nc1ccn(Cc2c(F)cccc2Cl)n1)c1cccc(COc2c(Cl)cc(Cl)cc2Cl)c1. The Bertz CT molecular complexity index is 1320. The van der Waals surface area contributed by atoms with E-state index < -0.39 is 5.82 Å². The third-order valence-corrected chi connectivity index (χ3v) is 5.93. The lowest BCUT2D eigenvalue weighted by molar-refractivity contribution is 0.102. The van der Waals surface area contributed by atoms with Gasteiger partial charge in [0.15, 0.2) is 11.6 Å². The van der Waals surface area contributed by atoms with E-state index in [9.17, 15) is 9.18 Å². The number of hydrogen-bond acceptors (Lipinski definition) is 3. The minimum atomic E-state index is -0.422. The molecule has 1 heterocycles. The number of carbonyl (C=O) groups excluding carboxylic acids is 1. The molecule has 0 bridgehead atoms. The standard InChI is InChI=1S/C24H16Cl4FN3O2/c25-16-10-19(27)23(20(28)11-16)34-13-14-3-1-4-15(9-14)24(33)30-22-7-8-32(31-22)12-17-18(26)5-2-6-21(17)29/h1-11H,12-13H2,(H,30,31,33). The topological polar surface area (TPSA) is 56.2 Å². The number of carbonyl (C=O) groups is 1. The van der Waals surface area contributed by atoms with E-state index in [1.807, 2.05) is 0 Å². The summed E-state index contributed by atoms with van der Waals surface area (Å²) in [5.74, 6) is -0.158. The highest BCUT2D eigenvalue weighted by Crippen LogP contribution is 2.36. The molecule has 4 aromatic rings. The molecule has 0 spiro atoms. The van der Waals surface area contributed by atoms with Crippen molar-refractivity contribution in [2.75, 3.05) is 5.32 Å². The molecule has 4 rings (SSSR count). The molecule has 0 aliphatic heterocycles. The number of benzene rings is 3. The summed E-state index contributed by atoms with van der Waals surface area (Å²) in [4.78, 5) is 12.7. The molecular formula is C24H16Cl4FN3O2. The zero-order valence-corrected chi connectivity index (χ0v) is 20.4. The molecule has 3 aromatic carbocycles. The Morgan fingerprint density at radius 1 is 0.971 bits per heavy atom. The Kier molecular flexibility index (Phi) is 7.63. The van der Waals surface area contributed by atoms with Crippen molar-refractivity contribution in [3.05, 3.63) is 109 Å². The highest BCUT2D eigenvalue weighted by atomic mass is 35.5. The van der Waals surface area contributed by atoms with Gasteiger partial charge in [0.2, 0.25) is 0 Å². The van der Waals surface area contributed by atoms with Crippen molar-refractivity contribution in [3.63, 3.8) is 0 Å². The molecule has 5 nitrogen and oxygen atoms in total. The zero-order valence-electron chi connectivity index (χ0n) is 17.4. The molecule has 0 fully saturated rings. The second-order valence-corrected chi connectivity index (χ2v) is 8.90. The molecule has 1 amide bonds.